The molecule has 7 heteroatoms. The third kappa shape index (κ3) is 2.63. The molecule has 0 fully saturated rings. The van der Waals surface area contributed by atoms with Crippen molar-refractivity contribution in [3.05, 3.63) is 58.9 Å². The number of halogens is 1. The Morgan fingerprint density at radius 1 is 1.22 bits per heavy atom. The van der Waals surface area contributed by atoms with Crippen molar-refractivity contribution in [3.8, 4) is 0 Å². The van der Waals surface area contributed by atoms with Crippen molar-refractivity contribution < 1.29 is 13.5 Å². The summed E-state index contributed by atoms with van der Waals surface area (Å²) in [6, 6.07) is 10.0. The summed E-state index contributed by atoms with van der Waals surface area (Å²) in [4.78, 5) is 4.31. The largest absolute Gasteiger partial charge is 0.396 e. The van der Waals surface area contributed by atoms with E-state index in [9.17, 15) is 13.5 Å². The number of nitrogens with zero attached hydrogens (tertiary/aromatic N) is 2. The molecule has 0 aliphatic rings. The van der Waals surface area contributed by atoms with Gasteiger partial charge in [-0.15, -0.1) is 0 Å². The number of pyridine rings is 1. The molecule has 0 amide bonds. The first-order valence-electron chi connectivity index (χ1n) is 7.03. The van der Waals surface area contributed by atoms with Gasteiger partial charge in [0.1, 0.15) is 5.15 Å². The van der Waals surface area contributed by atoms with E-state index in [0.29, 0.717) is 10.9 Å². The van der Waals surface area contributed by atoms with E-state index in [1.54, 1.807) is 36.4 Å². The molecule has 0 radical (unpaired) electrons. The smallest absolute Gasteiger partial charge is 0.270 e. The Kier molecular flexibility index (Phi) is 4.14. The van der Waals surface area contributed by atoms with E-state index in [1.165, 1.54) is 6.20 Å². The molecular formula is C16H15ClN2O3S. The van der Waals surface area contributed by atoms with Gasteiger partial charge in [0.2, 0.25) is 0 Å². The SMILES string of the molecule is Cc1ccc(S(=O)(=O)n2c(Cl)c(CCO)c3cccnc32)cc1. The fraction of sp³-hybridized carbons (Fsp3) is 0.188. The zero-order valence-electron chi connectivity index (χ0n) is 12.4. The van der Waals surface area contributed by atoms with Crippen LogP contribution in [0.15, 0.2) is 47.5 Å². The number of hydrogen-bond donors (Lipinski definition) is 1. The maximum atomic E-state index is 13.0. The number of fused-ring (bicyclic) bond motifs is 1. The number of aliphatic hydroxyl groups is 1. The summed E-state index contributed by atoms with van der Waals surface area (Å²) in [5, 5.41) is 9.92. The summed E-state index contributed by atoms with van der Waals surface area (Å²) < 4.78 is 27.0. The van der Waals surface area contributed by atoms with Crippen LogP contribution in [0.25, 0.3) is 11.0 Å². The lowest BCUT2D eigenvalue weighted by Crippen LogP contribution is -2.13. The summed E-state index contributed by atoms with van der Waals surface area (Å²) in [5.74, 6) is 0. The molecule has 3 rings (SSSR count). The molecule has 0 aliphatic heterocycles. The van der Waals surface area contributed by atoms with Gasteiger partial charge < -0.3 is 5.11 Å². The van der Waals surface area contributed by atoms with Crippen LogP contribution in [0, 0.1) is 6.92 Å². The minimum absolute atomic E-state index is 0.0633. The third-order valence-electron chi connectivity index (χ3n) is 3.65. The average molecular weight is 351 g/mol. The van der Waals surface area contributed by atoms with E-state index in [-0.39, 0.29) is 28.7 Å². The summed E-state index contributed by atoms with van der Waals surface area (Å²) >= 11 is 6.33. The molecule has 1 N–H and O–H groups in total. The van der Waals surface area contributed by atoms with Crippen LogP contribution in [0.5, 0.6) is 0 Å². The quantitative estimate of drug-likeness (QED) is 0.785. The molecule has 0 unspecified atom stereocenters. The molecule has 0 spiro atoms. The topological polar surface area (TPSA) is 72.2 Å². The zero-order chi connectivity index (χ0) is 16.6. The Balaban J connectivity index is 2.31. The molecule has 120 valence electrons. The number of aryl methyl sites for hydroxylation is 1. The number of rotatable bonds is 4. The Morgan fingerprint density at radius 3 is 2.57 bits per heavy atom. The highest BCUT2D eigenvalue weighted by Gasteiger charge is 2.26. The van der Waals surface area contributed by atoms with E-state index in [0.717, 1.165) is 9.54 Å². The van der Waals surface area contributed by atoms with Crippen LogP contribution in [-0.4, -0.2) is 29.1 Å². The fourth-order valence-corrected chi connectivity index (χ4v) is 4.44. The van der Waals surface area contributed by atoms with Gasteiger partial charge in [0.05, 0.1) is 4.90 Å². The van der Waals surface area contributed by atoms with Gasteiger partial charge in [-0.1, -0.05) is 29.3 Å². The van der Waals surface area contributed by atoms with Gasteiger partial charge in [0.15, 0.2) is 5.65 Å². The first-order valence-corrected chi connectivity index (χ1v) is 8.85. The van der Waals surface area contributed by atoms with E-state index in [2.05, 4.69) is 4.98 Å². The van der Waals surface area contributed by atoms with Gasteiger partial charge in [-0.3, -0.25) is 0 Å². The normalized spacial score (nSPS) is 12.0. The number of benzene rings is 1. The molecule has 0 bridgehead atoms. The maximum Gasteiger partial charge on any atom is 0.270 e. The Morgan fingerprint density at radius 2 is 1.91 bits per heavy atom. The first-order chi connectivity index (χ1) is 11.0. The minimum Gasteiger partial charge on any atom is -0.396 e. The molecule has 0 saturated carbocycles. The van der Waals surface area contributed by atoms with E-state index < -0.39 is 10.0 Å². The van der Waals surface area contributed by atoms with Crippen molar-refractivity contribution in [1.29, 1.82) is 0 Å². The van der Waals surface area contributed by atoms with Gasteiger partial charge in [-0.25, -0.2) is 17.4 Å². The van der Waals surface area contributed by atoms with Gasteiger partial charge in [-0.05, 0) is 37.6 Å². The lowest BCUT2D eigenvalue weighted by molar-refractivity contribution is 0.300. The van der Waals surface area contributed by atoms with E-state index >= 15 is 0 Å². The monoisotopic (exact) mass is 350 g/mol. The second kappa shape index (κ2) is 5.96. The minimum atomic E-state index is -3.87. The van der Waals surface area contributed by atoms with Crippen molar-refractivity contribution in [2.45, 2.75) is 18.2 Å². The number of aromatic nitrogens is 2. The van der Waals surface area contributed by atoms with Crippen LogP contribution in [0.4, 0.5) is 0 Å². The van der Waals surface area contributed by atoms with Gasteiger partial charge in [0, 0.05) is 23.8 Å². The summed E-state index contributed by atoms with van der Waals surface area (Å²) in [5.41, 5.74) is 1.81. The second-order valence-electron chi connectivity index (χ2n) is 5.20. The molecule has 0 atom stereocenters. The highest BCUT2D eigenvalue weighted by atomic mass is 35.5. The van der Waals surface area contributed by atoms with Crippen LogP contribution in [0.1, 0.15) is 11.1 Å². The van der Waals surface area contributed by atoms with Crippen molar-refractivity contribution in [1.82, 2.24) is 8.96 Å². The Labute approximate surface area is 139 Å². The molecule has 5 nitrogen and oxygen atoms in total. The molecule has 1 aromatic carbocycles. The second-order valence-corrected chi connectivity index (χ2v) is 7.34. The maximum absolute atomic E-state index is 13.0. The molecule has 2 heterocycles. The van der Waals surface area contributed by atoms with Crippen molar-refractivity contribution in [2.75, 3.05) is 6.61 Å². The predicted octanol–water partition coefficient (Wildman–Crippen LogP) is 2.77. The average Bonchev–Trinajstić information content (AvgIpc) is 2.81. The standard InChI is InChI=1S/C16H15ClN2O3S/c1-11-4-6-12(7-5-11)23(21,22)19-15(17)13(8-10-20)14-3-2-9-18-16(14)19/h2-7,9,20H,8,10H2,1H3. The van der Waals surface area contributed by atoms with Crippen LogP contribution >= 0.6 is 11.6 Å². The van der Waals surface area contributed by atoms with Crippen LogP contribution in [-0.2, 0) is 16.4 Å². The van der Waals surface area contributed by atoms with E-state index in [1.807, 2.05) is 6.92 Å². The van der Waals surface area contributed by atoms with Gasteiger partial charge >= 0.3 is 0 Å². The number of hydrogen-bond acceptors (Lipinski definition) is 4. The molecule has 0 aliphatic carbocycles. The predicted molar refractivity (Wildman–Crippen MR) is 89.3 cm³/mol. The highest BCUT2D eigenvalue weighted by Crippen LogP contribution is 2.32. The van der Waals surface area contributed by atoms with E-state index in [4.69, 9.17) is 11.6 Å². The molecule has 2 aromatic heterocycles. The fourth-order valence-electron chi connectivity index (χ4n) is 2.51. The van der Waals surface area contributed by atoms with Crippen molar-refractivity contribution in [3.63, 3.8) is 0 Å². The van der Waals surface area contributed by atoms with Crippen molar-refractivity contribution in [2.24, 2.45) is 0 Å². The number of aliphatic hydroxyl groups excluding tert-OH is 1. The highest BCUT2D eigenvalue weighted by molar-refractivity contribution is 7.90. The van der Waals surface area contributed by atoms with Gasteiger partial charge in [0.25, 0.3) is 10.0 Å². The first kappa shape index (κ1) is 16.0. The summed E-state index contributed by atoms with van der Waals surface area (Å²) in [6.07, 6.45) is 1.78. The molecule has 0 saturated heterocycles. The van der Waals surface area contributed by atoms with Crippen LogP contribution in [0.3, 0.4) is 0 Å². The van der Waals surface area contributed by atoms with Crippen LogP contribution < -0.4 is 0 Å². The summed E-state index contributed by atoms with van der Waals surface area (Å²) in [7, 11) is -3.87. The third-order valence-corrected chi connectivity index (χ3v) is 5.85. The zero-order valence-corrected chi connectivity index (χ0v) is 14.0. The Hall–Kier alpha value is -1.89. The molecule has 23 heavy (non-hydrogen) atoms. The lowest BCUT2D eigenvalue weighted by atomic mass is 10.2. The lowest BCUT2D eigenvalue weighted by Gasteiger charge is -2.09. The van der Waals surface area contributed by atoms with Gasteiger partial charge in [-0.2, -0.15) is 0 Å². The molecule has 3 aromatic rings. The Bertz CT molecular complexity index is 963. The van der Waals surface area contributed by atoms with Crippen LogP contribution in [0.2, 0.25) is 5.15 Å². The molecular weight excluding hydrogens is 336 g/mol. The van der Waals surface area contributed by atoms with Crippen molar-refractivity contribution >= 4 is 32.7 Å². The summed E-state index contributed by atoms with van der Waals surface area (Å²) in [6.45, 7) is 1.76.